The number of hydrogen-bond acceptors (Lipinski definition) is 3. The van der Waals surface area contributed by atoms with Gasteiger partial charge >= 0.3 is 0 Å². The number of nitrogens with one attached hydrogen (secondary N) is 1. The van der Waals surface area contributed by atoms with Gasteiger partial charge in [-0.1, -0.05) is 11.6 Å². The van der Waals surface area contributed by atoms with Gasteiger partial charge in [0.1, 0.15) is 11.5 Å². The molecular weight excluding hydrogens is 340 g/mol. The number of amides is 2. The van der Waals surface area contributed by atoms with Crippen molar-refractivity contribution in [1.82, 2.24) is 10.2 Å². The molecule has 0 radical (unpaired) electrons. The summed E-state index contributed by atoms with van der Waals surface area (Å²) in [5.41, 5.74) is 0.934. The minimum Gasteiger partial charge on any atom is -0.459 e. The van der Waals surface area contributed by atoms with Gasteiger partial charge in [-0.15, -0.1) is 0 Å². The Labute approximate surface area is 150 Å². The summed E-state index contributed by atoms with van der Waals surface area (Å²) in [4.78, 5) is 26.1. The van der Waals surface area contributed by atoms with Crippen LogP contribution in [0.5, 0.6) is 0 Å². The highest BCUT2D eigenvalue weighted by Gasteiger charge is 2.41. The molecule has 2 aromatic rings. The van der Waals surface area contributed by atoms with E-state index in [0.29, 0.717) is 36.3 Å². The van der Waals surface area contributed by atoms with E-state index in [-0.39, 0.29) is 17.7 Å². The summed E-state index contributed by atoms with van der Waals surface area (Å²) in [6.45, 7) is 0.865. The van der Waals surface area contributed by atoms with Gasteiger partial charge < -0.3 is 14.6 Å². The van der Waals surface area contributed by atoms with Crippen LogP contribution in [-0.2, 0) is 16.1 Å². The van der Waals surface area contributed by atoms with Crippen LogP contribution >= 0.6 is 11.6 Å². The highest BCUT2D eigenvalue weighted by Crippen LogP contribution is 2.32. The van der Waals surface area contributed by atoms with Gasteiger partial charge in [0.25, 0.3) is 0 Å². The zero-order valence-corrected chi connectivity index (χ0v) is 14.5. The maximum Gasteiger partial charge on any atom is 0.225 e. The van der Waals surface area contributed by atoms with E-state index in [1.165, 1.54) is 0 Å². The third-order valence-corrected chi connectivity index (χ3v) is 5.00. The Morgan fingerprint density at radius 1 is 1.20 bits per heavy atom. The zero-order valence-electron chi connectivity index (χ0n) is 13.7. The second kappa shape index (κ2) is 6.56. The predicted molar refractivity (Wildman–Crippen MR) is 93.8 cm³/mol. The molecular formula is C19H19ClN2O3. The number of halogens is 1. The van der Waals surface area contributed by atoms with Crippen LogP contribution in [0.4, 0.5) is 0 Å². The van der Waals surface area contributed by atoms with E-state index in [2.05, 4.69) is 5.32 Å². The first-order chi connectivity index (χ1) is 12.1. The first kappa shape index (κ1) is 16.2. The standard InChI is InChI=1S/C19H19ClN2O3/c20-14-3-1-12(2-4-14)17-8-7-16(25-17)10-21-19(24)13-9-18(23)22(11-13)15-5-6-15/h1-4,7-8,13,15H,5-6,9-11H2,(H,21,24). The number of carbonyl (C=O) groups excluding carboxylic acids is 2. The molecule has 1 aromatic carbocycles. The number of furan rings is 1. The Morgan fingerprint density at radius 2 is 1.96 bits per heavy atom. The van der Waals surface area contributed by atoms with Gasteiger partial charge in [-0.25, -0.2) is 0 Å². The fourth-order valence-corrected chi connectivity index (χ4v) is 3.33. The average Bonchev–Trinajstić information content (AvgIpc) is 3.21. The summed E-state index contributed by atoms with van der Waals surface area (Å²) in [6, 6.07) is 11.5. The second-order valence-corrected chi connectivity index (χ2v) is 7.11. The van der Waals surface area contributed by atoms with Crippen LogP contribution in [0.3, 0.4) is 0 Å². The lowest BCUT2D eigenvalue weighted by Gasteiger charge is -2.15. The summed E-state index contributed by atoms with van der Waals surface area (Å²) in [5.74, 6) is 1.18. The van der Waals surface area contributed by atoms with E-state index >= 15 is 0 Å². The van der Waals surface area contributed by atoms with Crippen LogP contribution in [-0.4, -0.2) is 29.3 Å². The van der Waals surface area contributed by atoms with Crippen molar-refractivity contribution in [2.75, 3.05) is 6.54 Å². The summed E-state index contributed by atoms with van der Waals surface area (Å²) < 4.78 is 5.78. The van der Waals surface area contributed by atoms with Gasteiger partial charge in [-0.2, -0.15) is 0 Å². The van der Waals surface area contributed by atoms with E-state index in [0.717, 1.165) is 24.2 Å². The van der Waals surface area contributed by atoms with Gasteiger partial charge in [0.2, 0.25) is 11.8 Å². The molecule has 2 aliphatic rings. The van der Waals surface area contributed by atoms with Gasteiger partial charge in [0.15, 0.2) is 0 Å². The van der Waals surface area contributed by atoms with Gasteiger partial charge in [-0.3, -0.25) is 9.59 Å². The van der Waals surface area contributed by atoms with Crippen molar-refractivity contribution < 1.29 is 14.0 Å². The minimum absolute atomic E-state index is 0.0825. The Bertz CT molecular complexity index is 795. The van der Waals surface area contributed by atoms with Crippen molar-refractivity contribution in [1.29, 1.82) is 0 Å². The molecule has 1 atom stereocenters. The quantitative estimate of drug-likeness (QED) is 0.892. The molecule has 1 aromatic heterocycles. The smallest absolute Gasteiger partial charge is 0.225 e. The summed E-state index contributed by atoms with van der Waals surface area (Å²) in [7, 11) is 0. The minimum atomic E-state index is -0.251. The van der Waals surface area contributed by atoms with E-state index in [1.807, 2.05) is 41.3 Å². The monoisotopic (exact) mass is 358 g/mol. The fraction of sp³-hybridized carbons (Fsp3) is 0.368. The lowest BCUT2D eigenvalue weighted by molar-refractivity contribution is -0.129. The first-order valence-electron chi connectivity index (χ1n) is 8.52. The molecule has 1 unspecified atom stereocenters. The molecule has 2 fully saturated rings. The molecule has 2 amide bonds. The molecule has 4 rings (SSSR count). The topological polar surface area (TPSA) is 62.6 Å². The Hall–Kier alpha value is -2.27. The van der Waals surface area contributed by atoms with Crippen LogP contribution in [0.1, 0.15) is 25.0 Å². The maximum absolute atomic E-state index is 12.3. The normalized spacial score (nSPS) is 20.1. The largest absolute Gasteiger partial charge is 0.459 e. The third kappa shape index (κ3) is 3.56. The number of hydrogen-bond donors (Lipinski definition) is 1. The summed E-state index contributed by atoms with van der Waals surface area (Å²) in [6.07, 6.45) is 2.45. The van der Waals surface area contributed by atoms with Crippen molar-refractivity contribution in [2.45, 2.75) is 31.8 Å². The SMILES string of the molecule is O=C(NCc1ccc(-c2ccc(Cl)cc2)o1)C1CC(=O)N(C2CC2)C1. The summed E-state index contributed by atoms with van der Waals surface area (Å²) >= 11 is 5.89. The van der Waals surface area contributed by atoms with Crippen LogP contribution in [0.15, 0.2) is 40.8 Å². The molecule has 6 heteroatoms. The number of carbonyl (C=O) groups is 2. The Kier molecular flexibility index (Phi) is 4.25. The molecule has 130 valence electrons. The van der Waals surface area contributed by atoms with Crippen molar-refractivity contribution in [3.8, 4) is 11.3 Å². The molecule has 0 bridgehead atoms. The van der Waals surface area contributed by atoms with Crippen LogP contribution in [0, 0.1) is 5.92 Å². The Balaban J connectivity index is 1.33. The van der Waals surface area contributed by atoms with Crippen LogP contribution < -0.4 is 5.32 Å². The second-order valence-electron chi connectivity index (χ2n) is 6.67. The highest BCUT2D eigenvalue weighted by molar-refractivity contribution is 6.30. The molecule has 1 N–H and O–H groups in total. The maximum atomic E-state index is 12.3. The highest BCUT2D eigenvalue weighted by atomic mass is 35.5. The molecule has 1 aliphatic heterocycles. The number of rotatable bonds is 5. The van der Waals surface area contributed by atoms with Crippen molar-refractivity contribution >= 4 is 23.4 Å². The number of likely N-dealkylation sites (tertiary alicyclic amines) is 1. The van der Waals surface area contributed by atoms with E-state index in [1.54, 1.807) is 0 Å². The molecule has 25 heavy (non-hydrogen) atoms. The summed E-state index contributed by atoms with van der Waals surface area (Å²) in [5, 5.41) is 3.56. The van der Waals surface area contributed by atoms with E-state index in [4.69, 9.17) is 16.0 Å². The molecule has 2 heterocycles. The molecule has 1 saturated heterocycles. The molecule has 0 spiro atoms. The van der Waals surface area contributed by atoms with E-state index in [9.17, 15) is 9.59 Å². The first-order valence-corrected chi connectivity index (χ1v) is 8.90. The van der Waals surface area contributed by atoms with Crippen LogP contribution in [0.25, 0.3) is 11.3 Å². The lowest BCUT2D eigenvalue weighted by Crippen LogP contribution is -2.33. The van der Waals surface area contributed by atoms with Gasteiger partial charge in [-0.05, 0) is 49.2 Å². The molecule has 5 nitrogen and oxygen atoms in total. The zero-order chi connectivity index (χ0) is 17.4. The van der Waals surface area contributed by atoms with Crippen molar-refractivity contribution in [2.24, 2.45) is 5.92 Å². The van der Waals surface area contributed by atoms with Gasteiger partial charge in [0.05, 0.1) is 12.5 Å². The fourth-order valence-electron chi connectivity index (χ4n) is 3.21. The average molecular weight is 359 g/mol. The Morgan fingerprint density at radius 3 is 2.68 bits per heavy atom. The molecule has 1 saturated carbocycles. The van der Waals surface area contributed by atoms with E-state index < -0.39 is 0 Å². The number of benzene rings is 1. The van der Waals surface area contributed by atoms with Crippen LogP contribution in [0.2, 0.25) is 5.02 Å². The predicted octanol–water partition coefficient (Wildman–Crippen LogP) is 3.23. The van der Waals surface area contributed by atoms with Gasteiger partial charge in [0, 0.05) is 29.6 Å². The molecule has 1 aliphatic carbocycles. The lowest BCUT2D eigenvalue weighted by atomic mass is 10.1. The van der Waals surface area contributed by atoms with Crippen molar-refractivity contribution in [3.05, 3.63) is 47.2 Å². The van der Waals surface area contributed by atoms with Crippen molar-refractivity contribution in [3.63, 3.8) is 0 Å². The number of nitrogens with zero attached hydrogens (tertiary/aromatic N) is 1. The third-order valence-electron chi connectivity index (χ3n) is 4.74.